The summed E-state index contributed by atoms with van der Waals surface area (Å²) in [6.45, 7) is 0. The number of halogens is 3. The van der Waals surface area contributed by atoms with Crippen LogP contribution in [0.3, 0.4) is 0 Å². The molecule has 1 amide bonds. The van der Waals surface area contributed by atoms with E-state index in [1.807, 2.05) is 0 Å². The highest BCUT2D eigenvalue weighted by atomic mass is 35.5. The molecule has 3 rings (SSSR count). The largest absolute Gasteiger partial charge is 0.507 e. The number of carbonyl (C=O) groups is 1. The van der Waals surface area contributed by atoms with Gasteiger partial charge in [-0.3, -0.25) is 4.79 Å². The molecule has 3 aromatic carbocycles. The fraction of sp³-hybridized carbons (Fsp3) is 0. The van der Waals surface area contributed by atoms with E-state index in [1.165, 1.54) is 18.2 Å². The number of rotatable bonds is 5. The lowest BCUT2D eigenvalue weighted by Crippen LogP contribution is -2.10. The summed E-state index contributed by atoms with van der Waals surface area (Å²) in [6.07, 6.45) is 0. The first-order valence-corrected chi connectivity index (χ1v) is 10.1. The van der Waals surface area contributed by atoms with Gasteiger partial charge in [0.1, 0.15) is 22.2 Å². The Hall–Kier alpha value is -2.81. The molecule has 0 saturated carbocycles. The third-order valence-corrected chi connectivity index (χ3v) is 6.21. The summed E-state index contributed by atoms with van der Waals surface area (Å²) in [5.74, 6) is -1.90. The second-order valence-corrected chi connectivity index (χ2v) is 8.55. The van der Waals surface area contributed by atoms with Crippen molar-refractivity contribution in [1.82, 2.24) is 0 Å². The molecule has 0 aromatic heterocycles. The van der Waals surface area contributed by atoms with Gasteiger partial charge >= 0.3 is 0 Å². The summed E-state index contributed by atoms with van der Waals surface area (Å²) >= 11 is 12.2. The van der Waals surface area contributed by atoms with E-state index in [-0.39, 0.29) is 32.0 Å². The van der Waals surface area contributed by atoms with E-state index in [9.17, 15) is 22.7 Å². The lowest BCUT2D eigenvalue weighted by Gasteiger charge is -2.13. The normalized spacial score (nSPS) is 11.3. The van der Waals surface area contributed by atoms with Crippen LogP contribution in [-0.2, 0) is 9.84 Å². The molecule has 0 heterocycles. The van der Waals surface area contributed by atoms with Crippen LogP contribution in [-0.4, -0.2) is 19.4 Å². The first kappa shape index (κ1) is 20.9. The van der Waals surface area contributed by atoms with Crippen LogP contribution in [0.25, 0.3) is 0 Å². The number of benzene rings is 3. The average molecular weight is 456 g/mol. The second-order valence-electron chi connectivity index (χ2n) is 5.82. The fourth-order valence-corrected chi connectivity index (χ4v) is 4.36. The summed E-state index contributed by atoms with van der Waals surface area (Å²) in [6, 6.07) is 10.1. The van der Waals surface area contributed by atoms with Crippen LogP contribution in [0.15, 0.2) is 64.4 Å². The zero-order valence-corrected chi connectivity index (χ0v) is 16.7. The first-order valence-electron chi connectivity index (χ1n) is 7.90. The van der Waals surface area contributed by atoms with Gasteiger partial charge in [-0.1, -0.05) is 23.2 Å². The van der Waals surface area contributed by atoms with E-state index < -0.39 is 32.2 Å². The number of aromatic hydroxyl groups is 1. The van der Waals surface area contributed by atoms with Crippen molar-refractivity contribution in [2.45, 2.75) is 9.79 Å². The third kappa shape index (κ3) is 4.29. The number of hydrogen-bond donors (Lipinski definition) is 2. The first-order chi connectivity index (χ1) is 13.6. The lowest BCUT2D eigenvalue weighted by molar-refractivity contribution is 0.1000. The Labute approximate surface area is 175 Å². The molecule has 3 N–H and O–H groups in total. The molecule has 0 atom stereocenters. The molecule has 10 heteroatoms. The van der Waals surface area contributed by atoms with Gasteiger partial charge in [0.05, 0.1) is 14.9 Å². The van der Waals surface area contributed by atoms with E-state index in [4.69, 9.17) is 33.7 Å². The number of phenolic OH excluding ortho intramolecular Hbond substituents is 1. The van der Waals surface area contributed by atoms with Gasteiger partial charge in [0.2, 0.25) is 15.7 Å². The topological polar surface area (TPSA) is 107 Å². The number of nitrogens with two attached hydrogens (primary N) is 1. The van der Waals surface area contributed by atoms with E-state index in [1.54, 1.807) is 0 Å². The van der Waals surface area contributed by atoms with Crippen LogP contribution >= 0.6 is 23.2 Å². The van der Waals surface area contributed by atoms with Crippen molar-refractivity contribution < 1.29 is 27.4 Å². The monoisotopic (exact) mass is 455 g/mol. The third-order valence-electron chi connectivity index (χ3n) is 3.85. The minimum absolute atomic E-state index is 0.000823. The van der Waals surface area contributed by atoms with Crippen molar-refractivity contribution in [3.05, 3.63) is 76.0 Å². The van der Waals surface area contributed by atoms with Crippen molar-refractivity contribution in [3.63, 3.8) is 0 Å². The molecule has 150 valence electrons. The second kappa shape index (κ2) is 7.90. The molecule has 0 aliphatic carbocycles. The standard InChI is InChI=1S/C19H12Cl2FNO5S/c20-14-7-10(19(23)25)8-15(21)18(14)28-12-3-6-16(24)17(9-12)29(26,27)13-4-1-11(22)2-5-13/h1-9,24H,(H2,23,25). The SMILES string of the molecule is NC(=O)c1cc(Cl)c(Oc2ccc(O)c(S(=O)(=O)c3ccc(F)cc3)c2)c(Cl)c1. The fourth-order valence-electron chi connectivity index (χ4n) is 2.43. The number of amides is 1. The number of hydrogen-bond acceptors (Lipinski definition) is 5. The Morgan fingerprint density at radius 3 is 2.14 bits per heavy atom. The van der Waals surface area contributed by atoms with Gasteiger partial charge in [-0.25, -0.2) is 12.8 Å². The van der Waals surface area contributed by atoms with Crippen molar-refractivity contribution in [1.29, 1.82) is 0 Å². The predicted octanol–water partition coefficient (Wildman–Crippen LogP) is 4.56. The number of sulfone groups is 1. The number of primary amides is 1. The van der Waals surface area contributed by atoms with Crippen molar-refractivity contribution >= 4 is 38.9 Å². The molecule has 0 bridgehead atoms. The van der Waals surface area contributed by atoms with Gasteiger partial charge in [0, 0.05) is 11.6 Å². The van der Waals surface area contributed by atoms with Gasteiger partial charge < -0.3 is 15.6 Å². The van der Waals surface area contributed by atoms with Crippen molar-refractivity contribution in [3.8, 4) is 17.2 Å². The Bertz CT molecular complexity index is 1190. The lowest BCUT2D eigenvalue weighted by atomic mass is 10.2. The highest BCUT2D eigenvalue weighted by Gasteiger charge is 2.23. The molecule has 0 aliphatic rings. The Morgan fingerprint density at radius 1 is 1.00 bits per heavy atom. The van der Waals surface area contributed by atoms with E-state index >= 15 is 0 Å². The summed E-state index contributed by atoms with van der Waals surface area (Å²) in [5, 5.41) is 10.00. The summed E-state index contributed by atoms with van der Waals surface area (Å²) in [5.41, 5.74) is 5.26. The number of phenols is 1. The molecule has 0 aliphatic heterocycles. The van der Waals surface area contributed by atoms with Gasteiger partial charge in [0.15, 0.2) is 5.75 Å². The molecule has 3 aromatic rings. The summed E-state index contributed by atoms with van der Waals surface area (Å²) in [4.78, 5) is 10.6. The minimum Gasteiger partial charge on any atom is -0.507 e. The maximum absolute atomic E-state index is 13.1. The Morgan fingerprint density at radius 2 is 1.59 bits per heavy atom. The maximum atomic E-state index is 13.1. The number of carbonyl (C=O) groups excluding carboxylic acids is 1. The molecule has 0 spiro atoms. The molecule has 0 radical (unpaired) electrons. The van der Waals surface area contributed by atoms with Crippen LogP contribution in [0.1, 0.15) is 10.4 Å². The van der Waals surface area contributed by atoms with E-state index in [2.05, 4.69) is 0 Å². The van der Waals surface area contributed by atoms with Crippen LogP contribution in [0.5, 0.6) is 17.2 Å². The molecule has 0 unspecified atom stereocenters. The van der Waals surface area contributed by atoms with Gasteiger partial charge in [-0.05, 0) is 48.5 Å². The molecule has 6 nitrogen and oxygen atoms in total. The molecule has 0 fully saturated rings. The molecular weight excluding hydrogens is 444 g/mol. The van der Waals surface area contributed by atoms with Gasteiger partial charge in [0.25, 0.3) is 0 Å². The predicted molar refractivity (Wildman–Crippen MR) is 105 cm³/mol. The number of ether oxygens (including phenoxy) is 1. The van der Waals surface area contributed by atoms with Crippen molar-refractivity contribution in [2.24, 2.45) is 5.73 Å². The van der Waals surface area contributed by atoms with E-state index in [0.29, 0.717) is 0 Å². The maximum Gasteiger partial charge on any atom is 0.248 e. The van der Waals surface area contributed by atoms with Gasteiger partial charge in [-0.15, -0.1) is 0 Å². The smallest absolute Gasteiger partial charge is 0.248 e. The highest BCUT2D eigenvalue weighted by molar-refractivity contribution is 7.91. The Kier molecular flexibility index (Phi) is 5.70. The van der Waals surface area contributed by atoms with E-state index in [0.717, 1.165) is 36.4 Å². The van der Waals surface area contributed by atoms with Crippen LogP contribution in [0, 0.1) is 5.82 Å². The molecule has 0 saturated heterocycles. The zero-order chi connectivity index (χ0) is 21.3. The highest BCUT2D eigenvalue weighted by Crippen LogP contribution is 2.39. The molecule has 29 heavy (non-hydrogen) atoms. The zero-order valence-electron chi connectivity index (χ0n) is 14.4. The summed E-state index contributed by atoms with van der Waals surface area (Å²) in [7, 11) is -4.16. The Balaban J connectivity index is 2.02. The van der Waals surface area contributed by atoms with Crippen LogP contribution in [0.2, 0.25) is 10.0 Å². The van der Waals surface area contributed by atoms with Crippen LogP contribution < -0.4 is 10.5 Å². The van der Waals surface area contributed by atoms with Crippen LogP contribution in [0.4, 0.5) is 4.39 Å². The van der Waals surface area contributed by atoms with Crippen molar-refractivity contribution in [2.75, 3.05) is 0 Å². The average Bonchev–Trinajstić information content (AvgIpc) is 2.65. The minimum atomic E-state index is -4.16. The summed E-state index contributed by atoms with van der Waals surface area (Å²) < 4.78 is 44.2. The molecular formula is C19H12Cl2FNO5S. The van der Waals surface area contributed by atoms with Gasteiger partial charge in [-0.2, -0.15) is 0 Å². The quantitative estimate of drug-likeness (QED) is 0.548.